The Morgan fingerprint density at radius 2 is 1.75 bits per heavy atom. The van der Waals surface area contributed by atoms with Crippen molar-refractivity contribution in [2.75, 3.05) is 32.0 Å². The van der Waals surface area contributed by atoms with Crippen molar-refractivity contribution in [3.8, 4) is 0 Å². The first kappa shape index (κ1) is 23.7. The minimum atomic E-state index is -4.65. The largest absolute Gasteiger partial charge is 0.417 e. The summed E-state index contributed by atoms with van der Waals surface area (Å²) in [6.07, 6.45) is -4.65. The van der Waals surface area contributed by atoms with Crippen LogP contribution in [-0.2, 0) is 15.8 Å². The Morgan fingerprint density at radius 1 is 1.14 bits per heavy atom. The van der Waals surface area contributed by atoms with Crippen molar-refractivity contribution in [1.82, 2.24) is 15.5 Å². The molecule has 1 rings (SSSR count). The van der Waals surface area contributed by atoms with Gasteiger partial charge in [0.25, 0.3) is 0 Å². The maximum Gasteiger partial charge on any atom is 0.417 e. The number of carbonyl (C=O) groups is 3. The number of imide groups is 1. The lowest BCUT2D eigenvalue weighted by atomic mass is 10.2. The van der Waals surface area contributed by atoms with Gasteiger partial charge in [-0.05, 0) is 31.2 Å². The molecule has 0 aliphatic heterocycles. The van der Waals surface area contributed by atoms with Gasteiger partial charge in [0.05, 0.1) is 23.7 Å². The van der Waals surface area contributed by atoms with E-state index in [1.165, 1.54) is 18.0 Å². The first-order valence-corrected chi connectivity index (χ1v) is 8.69. The van der Waals surface area contributed by atoms with E-state index >= 15 is 0 Å². The Morgan fingerprint density at radius 3 is 2.32 bits per heavy atom. The van der Waals surface area contributed by atoms with Gasteiger partial charge in [0.1, 0.15) is 0 Å². The number of hydrogen-bond donors (Lipinski definition) is 3. The molecule has 0 bridgehead atoms. The van der Waals surface area contributed by atoms with Gasteiger partial charge >= 0.3 is 12.2 Å². The summed E-state index contributed by atoms with van der Waals surface area (Å²) in [5.74, 6) is -1.03. The van der Waals surface area contributed by atoms with Crippen molar-refractivity contribution < 1.29 is 27.6 Å². The van der Waals surface area contributed by atoms with Crippen molar-refractivity contribution in [2.45, 2.75) is 20.0 Å². The molecule has 4 amide bonds. The third-order valence-corrected chi connectivity index (χ3v) is 3.64. The topological polar surface area (TPSA) is 90.5 Å². The molecule has 0 heterocycles. The number of amides is 4. The maximum atomic E-state index is 12.8. The zero-order valence-corrected chi connectivity index (χ0v) is 16.4. The van der Waals surface area contributed by atoms with Crippen molar-refractivity contribution in [3.05, 3.63) is 28.8 Å². The second-order valence-corrected chi connectivity index (χ2v) is 6.97. The summed E-state index contributed by atoms with van der Waals surface area (Å²) in [5.41, 5.74) is -1.14. The fourth-order valence-electron chi connectivity index (χ4n) is 2.07. The van der Waals surface area contributed by atoms with E-state index in [0.29, 0.717) is 6.54 Å². The number of urea groups is 1. The van der Waals surface area contributed by atoms with Crippen LogP contribution in [0.5, 0.6) is 0 Å². The second kappa shape index (κ2) is 10.3. The smallest absolute Gasteiger partial charge is 0.338 e. The average molecular weight is 423 g/mol. The van der Waals surface area contributed by atoms with E-state index in [2.05, 4.69) is 16.0 Å². The van der Waals surface area contributed by atoms with Gasteiger partial charge in [0.15, 0.2) is 0 Å². The molecule has 7 nitrogen and oxygen atoms in total. The molecule has 1 aromatic rings. The first-order valence-electron chi connectivity index (χ1n) is 8.31. The van der Waals surface area contributed by atoms with Crippen LogP contribution in [0.25, 0.3) is 0 Å². The predicted molar refractivity (Wildman–Crippen MR) is 99.0 cm³/mol. The Kier molecular flexibility index (Phi) is 8.70. The summed E-state index contributed by atoms with van der Waals surface area (Å²) >= 11 is 5.52. The molecule has 0 unspecified atom stereocenters. The van der Waals surface area contributed by atoms with E-state index in [4.69, 9.17) is 11.6 Å². The molecule has 0 radical (unpaired) electrons. The standard InChI is InChI=1S/C17H22ClF3N4O3/c1-10(2)7-22-16(28)24-15(27)9-25(3)8-14(26)23-11-4-5-13(18)12(6-11)17(19,20)21/h4-6,10H,7-9H2,1-3H3,(H,23,26)(H2,22,24,27,28). The fourth-order valence-corrected chi connectivity index (χ4v) is 2.30. The van der Waals surface area contributed by atoms with E-state index in [9.17, 15) is 27.6 Å². The highest BCUT2D eigenvalue weighted by Gasteiger charge is 2.33. The highest BCUT2D eigenvalue weighted by Crippen LogP contribution is 2.36. The van der Waals surface area contributed by atoms with Crippen molar-refractivity contribution in [3.63, 3.8) is 0 Å². The zero-order valence-electron chi connectivity index (χ0n) is 15.6. The van der Waals surface area contributed by atoms with E-state index in [1.807, 2.05) is 13.8 Å². The summed E-state index contributed by atoms with van der Waals surface area (Å²) in [4.78, 5) is 36.5. The van der Waals surface area contributed by atoms with Gasteiger partial charge in [-0.1, -0.05) is 25.4 Å². The van der Waals surface area contributed by atoms with E-state index in [1.54, 1.807) is 0 Å². The van der Waals surface area contributed by atoms with Crippen LogP contribution in [0.2, 0.25) is 5.02 Å². The minimum absolute atomic E-state index is 0.0763. The summed E-state index contributed by atoms with van der Waals surface area (Å²) in [6.45, 7) is 3.67. The molecule has 0 atom stereocenters. The molecule has 1 aromatic carbocycles. The van der Waals surface area contributed by atoms with Gasteiger partial charge in [-0.3, -0.25) is 19.8 Å². The number of rotatable bonds is 7. The summed E-state index contributed by atoms with van der Waals surface area (Å²) in [5, 5.41) is 6.46. The third kappa shape index (κ3) is 8.57. The van der Waals surface area contributed by atoms with Gasteiger partial charge in [-0.15, -0.1) is 0 Å². The summed E-state index contributed by atoms with van der Waals surface area (Å²) < 4.78 is 38.5. The van der Waals surface area contributed by atoms with Crippen LogP contribution in [-0.4, -0.2) is 49.4 Å². The molecular formula is C17H22ClF3N4O3. The molecule has 0 fully saturated rings. The number of anilines is 1. The molecule has 0 spiro atoms. The predicted octanol–water partition coefficient (Wildman–Crippen LogP) is 2.71. The second-order valence-electron chi connectivity index (χ2n) is 6.56. The van der Waals surface area contributed by atoms with Gasteiger partial charge < -0.3 is 10.6 Å². The van der Waals surface area contributed by atoms with Crippen LogP contribution in [0, 0.1) is 5.92 Å². The minimum Gasteiger partial charge on any atom is -0.338 e. The van der Waals surface area contributed by atoms with Crippen LogP contribution in [0.1, 0.15) is 19.4 Å². The quantitative estimate of drug-likeness (QED) is 0.630. The molecule has 11 heteroatoms. The normalized spacial score (nSPS) is 11.5. The number of nitrogens with one attached hydrogen (secondary N) is 3. The Hall–Kier alpha value is -2.33. The molecule has 0 aliphatic rings. The van der Waals surface area contributed by atoms with Crippen LogP contribution >= 0.6 is 11.6 Å². The lowest BCUT2D eigenvalue weighted by molar-refractivity contribution is -0.137. The highest BCUT2D eigenvalue weighted by atomic mass is 35.5. The lowest BCUT2D eigenvalue weighted by Crippen LogP contribution is -2.45. The number of alkyl halides is 3. The molecule has 0 saturated carbocycles. The Bertz CT molecular complexity index is 726. The van der Waals surface area contributed by atoms with E-state index < -0.39 is 34.6 Å². The fraction of sp³-hybridized carbons (Fsp3) is 0.471. The number of nitrogens with zero attached hydrogens (tertiary/aromatic N) is 1. The summed E-state index contributed by atoms with van der Waals surface area (Å²) in [6, 6.07) is 2.36. The van der Waals surface area contributed by atoms with Crippen molar-refractivity contribution in [1.29, 1.82) is 0 Å². The van der Waals surface area contributed by atoms with Crippen LogP contribution in [0.4, 0.5) is 23.7 Å². The van der Waals surface area contributed by atoms with Crippen molar-refractivity contribution >= 4 is 35.1 Å². The molecular weight excluding hydrogens is 401 g/mol. The van der Waals surface area contributed by atoms with Gasteiger partial charge in [0, 0.05) is 12.2 Å². The highest BCUT2D eigenvalue weighted by molar-refractivity contribution is 6.31. The SMILES string of the molecule is CC(C)CNC(=O)NC(=O)CN(C)CC(=O)Nc1ccc(Cl)c(C(F)(F)F)c1. The number of halogens is 4. The van der Waals surface area contributed by atoms with Crippen LogP contribution in [0.3, 0.4) is 0 Å². The van der Waals surface area contributed by atoms with E-state index in [0.717, 1.165) is 12.1 Å². The molecule has 0 aromatic heterocycles. The maximum absolute atomic E-state index is 12.8. The first-order chi connectivity index (χ1) is 12.9. The van der Waals surface area contributed by atoms with E-state index in [-0.39, 0.29) is 24.7 Å². The van der Waals surface area contributed by atoms with Crippen LogP contribution < -0.4 is 16.0 Å². The number of likely N-dealkylation sites (N-methyl/N-ethyl adjacent to an activating group) is 1. The number of hydrogen-bond acceptors (Lipinski definition) is 4. The van der Waals surface area contributed by atoms with Crippen molar-refractivity contribution in [2.24, 2.45) is 5.92 Å². The Balaban J connectivity index is 2.53. The number of benzene rings is 1. The Labute approximate surface area is 165 Å². The zero-order chi connectivity index (χ0) is 21.5. The summed E-state index contributed by atoms with van der Waals surface area (Å²) in [7, 11) is 1.45. The van der Waals surface area contributed by atoms with Gasteiger partial charge in [-0.2, -0.15) is 13.2 Å². The van der Waals surface area contributed by atoms with Gasteiger partial charge in [-0.25, -0.2) is 4.79 Å². The monoisotopic (exact) mass is 422 g/mol. The van der Waals surface area contributed by atoms with Crippen LogP contribution in [0.15, 0.2) is 18.2 Å². The molecule has 0 aliphatic carbocycles. The van der Waals surface area contributed by atoms with Gasteiger partial charge in [0.2, 0.25) is 11.8 Å². The molecule has 156 valence electrons. The molecule has 28 heavy (non-hydrogen) atoms. The molecule has 3 N–H and O–H groups in total. The average Bonchev–Trinajstić information content (AvgIpc) is 2.53. The lowest BCUT2D eigenvalue weighted by Gasteiger charge is -2.17. The number of carbonyl (C=O) groups excluding carboxylic acids is 3. The molecule has 0 saturated heterocycles. The third-order valence-electron chi connectivity index (χ3n) is 3.31.